The molecule has 0 heterocycles. The van der Waals surface area contributed by atoms with Crippen LogP contribution in [0, 0.1) is 6.92 Å². The molecule has 3 aromatic carbocycles. The van der Waals surface area contributed by atoms with Crippen LogP contribution in [0.5, 0.6) is 0 Å². The van der Waals surface area contributed by atoms with E-state index in [1.165, 1.54) is 12.5 Å². The second kappa shape index (κ2) is 5.41. The Balaban J connectivity index is 2.20. The number of esters is 1. The zero-order valence-corrected chi connectivity index (χ0v) is 12.1. The number of ether oxygens (including phenoxy) is 1. The minimum absolute atomic E-state index is 0.304. The van der Waals surface area contributed by atoms with Crippen LogP contribution in [-0.2, 0) is 4.74 Å². The standard InChI is InChI=1S/C19H16O2/c1-13-7-10-17(18(11-13)19(20)21-2)16-9-8-14-5-3-4-6-15(14)12-16/h3-12H,1-2H3. The summed E-state index contributed by atoms with van der Waals surface area (Å²) in [4.78, 5) is 12.0. The lowest BCUT2D eigenvalue weighted by molar-refractivity contribution is 0.0601. The second-order valence-electron chi connectivity index (χ2n) is 5.10. The molecule has 0 aliphatic heterocycles. The summed E-state index contributed by atoms with van der Waals surface area (Å²) in [6.07, 6.45) is 0. The number of carbonyl (C=O) groups is 1. The Labute approximate surface area is 124 Å². The summed E-state index contributed by atoms with van der Waals surface area (Å²) in [5, 5.41) is 2.35. The van der Waals surface area contributed by atoms with E-state index in [4.69, 9.17) is 4.74 Å². The van der Waals surface area contributed by atoms with E-state index in [2.05, 4.69) is 24.3 Å². The van der Waals surface area contributed by atoms with Gasteiger partial charge in [-0.2, -0.15) is 0 Å². The Morgan fingerprint density at radius 1 is 0.905 bits per heavy atom. The molecule has 0 radical (unpaired) electrons. The van der Waals surface area contributed by atoms with Crippen molar-refractivity contribution in [2.75, 3.05) is 7.11 Å². The van der Waals surface area contributed by atoms with Crippen LogP contribution in [0.1, 0.15) is 15.9 Å². The Bertz CT molecular complexity index is 819. The van der Waals surface area contributed by atoms with Gasteiger partial charge in [0.25, 0.3) is 0 Å². The van der Waals surface area contributed by atoms with Crippen molar-refractivity contribution in [1.82, 2.24) is 0 Å². The summed E-state index contributed by atoms with van der Waals surface area (Å²) >= 11 is 0. The highest BCUT2D eigenvalue weighted by molar-refractivity contribution is 5.99. The lowest BCUT2D eigenvalue weighted by Crippen LogP contribution is -2.04. The molecule has 2 nitrogen and oxygen atoms in total. The molecular weight excluding hydrogens is 260 g/mol. The maximum atomic E-state index is 12.0. The van der Waals surface area contributed by atoms with Gasteiger partial charge in [0.1, 0.15) is 0 Å². The molecule has 0 saturated carbocycles. The van der Waals surface area contributed by atoms with Crippen molar-refractivity contribution >= 4 is 16.7 Å². The van der Waals surface area contributed by atoms with Crippen LogP contribution in [0.15, 0.2) is 60.7 Å². The summed E-state index contributed by atoms with van der Waals surface area (Å²) in [7, 11) is 1.41. The highest BCUT2D eigenvalue weighted by atomic mass is 16.5. The number of benzene rings is 3. The molecule has 0 N–H and O–H groups in total. The molecule has 0 unspecified atom stereocenters. The van der Waals surface area contributed by atoms with Crippen LogP contribution in [0.25, 0.3) is 21.9 Å². The van der Waals surface area contributed by atoms with Gasteiger partial charge in [0.2, 0.25) is 0 Å². The van der Waals surface area contributed by atoms with Gasteiger partial charge < -0.3 is 4.74 Å². The van der Waals surface area contributed by atoms with Gasteiger partial charge in [-0.05, 0) is 41.0 Å². The topological polar surface area (TPSA) is 26.3 Å². The Morgan fingerprint density at radius 2 is 1.67 bits per heavy atom. The smallest absolute Gasteiger partial charge is 0.338 e. The van der Waals surface area contributed by atoms with Crippen molar-refractivity contribution < 1.29 is 9.53 Å². The highest BCUT2D eigenvalue weighted by Crippen LogP contribution is 2.28. The first-order chi connectivity index (χ1) is 10.2. The molecule has 0 amide bonds. The van der Waals surface area contributed by atoms with Crippen LogP contribution in [0.2, 0.25) is 0 Å². The number of hydrogen-bond donors (Lipinski definition) is 0. The van der Waals surface area contributed by atoms with E-state index in [1.54, 1.807) is 0 Å². The molecular formula is C19H16O2. The summed E-state index contributed by atoms with van der Waals surface area (Å²) in [5.41, 5.74) is 3.57. The molecule has 0 bridgehead atoms. The number of aryl methyl sites for hydroxylation is 1. The van der Waals surface area contributed by atoms with Gasteiger partial charge in [0, 0.05) is 0 Å². The minimum atomic E-state index is -0.304. The van der Waals surface area contributed by atoms with Gasteiger partial charge in [-0.3, -0.25) is 0 Å². The number of rotatable bonds is 2. The molecule has 0 fully saturated rings. The maximum Gasteiger partial charge on any atom is 0.338 e. The molecule has 21 heavy (non-hydrogen) atoms. The van der Waals surface area contributed by atoms with Gasteiger partial charge in [0.15, 0.2) is 0 Å². The van der Waals surface area contributed by atoms with Crippen LogP contribution < -0.4 is 0 Å². The monoisotopic (exact) mass is 276 g/mol. The second-order valence-corrected chi connectivity index (χ2v) is 5.10. The molecule has 0 atom stereocenters. The quantitative estimate of drug-likeness (QED) is 0.639. The third-order valence-corrected chi connectivity index (χ3v) is 3.64. The molecule has 0 aliphatic rings. The summed E-state index contributed by atoms with van der Waals surface area (Å²) < 4.78 is 4.90. The van der Waals surface area contributed by atoms with Gasteiger partial charge in [0.05, 0.1) is 12.7 Å². The van der Waals surface area contributed by atoms with E-state index >= 15 is 0 Å². The molecule has 0 aromatic heterocycles. The van der Waals surface area contributed by atoms with Crippen LogP contribution >= 0.6 is 0 Å². The van der Waals surface area contributed by atoms with E-state index < -0.39 is 0 Å². The molecule has 2 heteroatoms. The van der Waals surface area contributed by atoms with Crippen LogP contribution in [-0.4, -0.2) is 13.1 Å². The average Bonchev–Trinajstić information content (AvgIpc) is 2.53. The predicted molar refractivity (Wildman–Crippen MR) is 85.5 cm³/mol. The number of fused-ring (bicyclic) bond motifs is 1. The van der Waals surface area contributed by atoms with E-state index in [0.29, 0.717) is 5.56 Å². The Hall–Kier alpha value is -2.61. The fourth-order valence-corrected chi connectivity index (χ4v) is 2.55. The molecule has 0 saturated heterocycles. The first-order valence-electron chi connectivity index (χ1n) is 6.87. The molecule has 0 aliphatic carbocycles. The minimum Gasteiger partial charge on any atom is -0.465 e. The summed E-state index contributed by atoms with van der Waals surface area (Å²) in [5.74, 6) is -0.304. The van der Waals surface area contributed by atoms with Crippen molar-refractivity contribution in [1.29, 1.82) is 0 Å². The largest absolute Gasteiger partial charge is 0.465 e. The molecule has 3 rings (SSSR count). The van der Waals surface area contributed by atoms with E-state index in [-0.39, 0.29) is 5.97 Å². The third kappa shape index (κ3) is 2.52. The van der Waals surface area contributed by atoms with Crippen molar-refractivity contribution in [3.63, 3.8) is 0 Å². The normalized spacial score (nSPS) is 10.6. The zero-order chi connectivity index (χ0) is 14.8. The van der Waals surface area contributed by atoms with Crippen molar-refractivity contribution in [2.24, 2.45) is 0 Å². The Kier molecular flexibility index (Phi) is 3.44. The summed E-state index contributed by atoms with van der Waals surface area (Å²) in [6.45, 7) is 1.97. The van der Waals surface area contributed by atoms with Gasteiger partial charge >= 0.3 is 5.97 Å². The first-order valence-corrected chi connectivity index (χ1v) is 6.87. The lowest BCUT2D eigenvalue weighted by atomic mass is 9.96. The van der Waals surface area contributed by atoms with Crippen molar-refractivity contribution in [3.8, 4) is 11.1 Å². The molecule has 0 spiro atoms. The SMILES string of the molecule is COC(=O)c1cc(C)ccc1-c1ccc2ccccc2c1. The van der Waals surface area contributed by atoms with E-state index in [1.807, 2.05) is 43.3 Å². The number of methoxy groups -OCH3 is 1. The zero-order valence-electron chi connectivity index (χ0n) is 12.1. The van der Waals surface area contributed by atoms with Crippen molar-refractivity contribution in [3.05, 3.63) is 71.8 Å². The molecule has 104 valence electrons. The van der Waals surface area contributed by atoms with Gasteiger partial charge in [-0.15, -0.1) is 0 Å². The van der Waals surface area contributed by atoms with E-state index in [9.17, 15) is 4.79 Å². The van der Waals surface area contributed by atoms with Gasteiger partial charge in [-0.25, -0.2) is 4.79 Å². The molecule has 3 aromatic rings. The highest BCUT2D eigenvalue weighted by Gasteiger charge is 2.13. The Morgan fingerprint density at radius 3 is 2.43 bits per heavy atom. The maximum absolute atomic E-state index is 12.0. The number of carbonyl (C=O) groups excluding carboxylic acids is 1. The fourth-order valence-electron chi connectivity index (χ4n) is 2.55. The average molecular weight is 276 g/mol. The van der Waals surface area contributed by atoms with E-state index in [0.717, 1.165) is 22.1 Å². The number of hydrogen-bond acceptors (Lipinski definition) is 2. The summed E-state index contributed by atoms with van der Waals surface area (Å²) in [6, 6.07) is 20.3. The van der Waals surface area contributed by atoms with Gasteiger partial charge in [-0.1, -0.05) is 54.1 Å². The first kappa shape index (κ1) is 13.4. The lowest BCUT2D eigenvalue weighted by Gasteiger charge is -2.10. The fraction of sp³-hybridized carbons (Fsp3) is 0.105. The third-order valence-electron chi connectivity index (χ3n) is 3.64. The van der Waals surface area contributed by atoms with Crippen LogP contribution in [0.4, 0.5) is 0 Å². The van der Waals surface area contributed by atoms with Crippen molar-refractivity contribution in [2.45, 2.75) is 6.92 Å². The van der Waals surface area contributed by atoms with Crippen LogP contribution in [0.3, 0.4) is 0 Å². The predicted octanol–water partition coefficient (Wildman–Crippen LogP) is 4.60.